The Kier molecular flexibility index (Phi) is 8.31. The van der Waals surface area contributed by atoms with Crippen molar-refractivity contribution in [3.63, 3.8) is 0 Å². The van der Waals surface area contributed by atoms with Gasteiger partial charge in [-0.1, -0.05) is 32.0 Å². The molecule has 0 spiro atoms. The number of piperazine rings is 1. The summed E-state index contributed by atoms with van der Waals surface area (Å²) in [5.41, 5.74) is 3.04. The lowest BCUT2D eigenvalue weighted by atomic mass is 9.98. The predicted molar refractivity (Wildman–Crippen MR) is 128 cm³/mol. The lowest BCUT2D eigenvalue weighted by Gasteiger charge is -2.44. The lowest BCUT2D eigenvalue weighted by molar-refractivity contribution is -0.147. The van der Waals surface area contributed by atoms with Crippen LogP contribution in [0.1, 0.15) is 38.8 Å². The van der Waals surface area contributed by atoms with Gasteiger partial charge in [0.15, 0.2) is 0 Å². The summed E-state index contributed by atoms with van der Waals surface area (Å²) in [6.45, 7) is 17.1. The van der Waals surface area contributed by atoms with Crippen LogP contribution >= 0.6 is 0 Å². The number of nitrogens with one attached hydrogen (secondary N) is 1. The second-order valence-corrected chi connectivity index (χ2v) is 9.82. The maximum absolute atomic E-state index is 13.4. The van der Waals surface area contributed by atoms with E-state index in [0.29, 0.717) is 32.7 Å². The van der Waals surface area contributed by atoms with E-state index in [1.807, 2.05) is 36.9 Å². The quantitative estimate of drug-likeness (QED) is 0.731. The molecule has 2 fully saturated rings. The first-order valence-electron chi connectivity index (χ1n) is 11.9. The molecule has 2 aliphatic heterocycles. The number of para-hydroxylation sites is 1. The number of morpholine rings is 1. The molecular weight excluding hydrogens is 404 g/mol. The van der Waals surface area contributed by atoms with Crippen molar-refractivity contribution in [3.05, 3.63) is 29.3 Å². The first-order chi connectivity index (χ1) is 15.2. The fraction of sp³-hybridized carbons (Fsp3) is 0.680. The SMILES string of the molecule is Cc1cccc(C)c1NC(=O)CN1CCN(C(=O)[C@@H](C(C)C)N2C[C@@H](C)O[C@@H](C)C2)CC1. The zero-order valence-corrected chi connectivity index (χ0v) is 20.6. The summed E-state index contributed by atoms with van der Waals surface area (Å²) >= 11 is 0. The molecule has 7 heteroatoms. The van der Waals surface area contributed by atoms with Gasteiger partial charge in [0.05, 0.1) is 24.8 Å². The molecule has 3 atom stereocenters. The van der Waals surface area contributed by atoms with Crippen LogP contribution in [0.15, 0.2) is 18.2 Å². The molecule has 178 valence electrons. The number of anilines is 1. The lowest BCUT2D eigenvalue weighted by Crippen LogP contribution is -2.60. The van der Waals surface area contributed by atoms with Gasteiger partial charge in [0.25, 0.3) is 0 Å². The number of nitrogens with zero attached hydrogens (tertiary/aromatic N) is 3. The zero-order chi connectivity index (χ0) is 23.4. The number of carbonyl (C=O) groups excluding carboxylic acids is 2. The van der Waals surface area contributed by atoms with Gasteiger partial charge in [0.2, 0.25) is 11.8 Å². The Morgan fingerprint density at radius 1 is 1.03 bits per heavy atom. The molecule has 0 aliphatic carbocycles. The second kappa shape index (κ2) is 10.8. The molecule has 3 rings (SSSR count). The topological polar surface area (TPSA) is 65.1 Å². The molecule has 1 N–H and O–H groups in total. The molecular formula is C25H40N4O3. The van der Waals surface area contributed by atoms with Crippen LogP contribution in [0.3, 0.4) is 0 Å². The summed E-state index contributed by atoms with van der Waals surface area (Å²) in [4.78, 5) is 32.5. The standard InChI is InChI=1S/C25H40N4O3/c1-17(2)24(29-14-20(5)32-21(6)15-29)25(31)28-12-10-27(11-13-28)16-22(30)26-23-18(3)8-7-9-19(23)4/h7-9,17,20-21,24H,10-16H2,1-6H3,(H,26,30)/t20-,21+,24-/m1/s1. The summed E-state index contributed by atoms with van der Waals surface area (Å²) in [5, 5.41) is 3.06. The molecule has 0 aromatic heterocycles. The molecule has 0 unspecified atom stereocenters. The Labute approximate surface area is 193 Å². The molecule has 1 aromatic carbocycles. The van der Waals surface area contributed by atoms with Crippen LogP contribution in [-0.4, -0.2) is 90.6 Å². The molecule has 2 heterocycles. The number of ether oxygens (including phenoxy) is 1. The van der Waals surface area contributed by atoms with Crippen LogP contribution in [0.5, 0.6) is 0 Å². The number of benzene rings is 1. The van der Waals surface area contributed by atoms with Crippen molar-refractivity contribution < 1.29 is 14.3 Å². The number of aryl methyl sites for hydroxylation is 2. The maximum Gasteiger partial charge on any atom is 0.240 e. The Balaban J connectivity index is 1.53. The van der Waals surface area contributed by atoms with Crippen LogP contribution in [-0.2, 0) is 14.3 Å². The van der Waals surface area contributed by atoms with E-state index in [9.17, 15) is 9.59 Å². The van der Waals surface area contributed by atoms with Crippen LogP contribution in [0, 0.1) is 19.8 Å². The van der Waals surface area contributed by atoms with Gasteiger partial charge in [-0.15, -0.1) is 0 Å². The summed E-state index contributed by atoms with van der Waals surface area (Å²) in [6, 6.07) is 5.89. The Bertz CT molecular complexity index is 774. The van der Waals surface area contributed by atoms with E-state index in [4.69, 9.17) is 4.74 Å². The number of hydrogen-bond donors (Lipinski definition) is 1. The van der Waals surface area contributed by atoms with Gasteiger partial charge in [0, 0.05) is 45.0 Å². The molecule has 2 amide bonds. The Hall–Kier alpha value is -1.96. The summed E-state index contributed by atoms with van der Waals surface area (Å²) in [6.07, 6.45) is 0.278. The summed E-state index contributed by atoms with van der Waals surface area (Å²) < 4.78 is 5.87. The van der Waals surface area contributed by atoms with Crippen LogP contribution in [0.25, 0.3) is 0 Å². The van der Waals surface area contributed by atoms with Gasteiger partial charge < -0.3 is 15.0 Å². The number of hydrogen-bond acceptors (Lipinski definition) is 5. The molecule has 7 nitrogen and oxygen atoms in total. The van der Waals surface area contributed by atoms with E-state index in [0.717, 1.165) is 29.9 Å². The van der Waals surface area contributed by atoms with Gasteiger partial charge >= 0.3 is 0 Å². The molecule has 0 radical (unpaired) electrons. The molecule has 1 aromatic rings. The van der Waals surface area contributed by atoms with E-state index in [1.54, 1.807) is 0 Å². The maximum atomic E-state index is 13.4. The fourth-order valence-electron chi connectivity index (χ4n) is 5.01. The normalized spacial score (nSPS) is 23.9. The van der Waals surface area contributed by atoms with Gasteiger partial charge in [-0.25, -0.2) is 0 Å². The van der Waals surface area contributed by atoms with Gasteiger partial charge in [0.1, 0.15) is 0 Å². The number of carbonyl (C=O) groups is 2. The highest BCUT2D eigenvalue weighted by atomic mass is 16.5. The van der Waals surface area contributed by atoms with E-state index in [1.165, 1.54) is 0 Å². The van der Waals surface area contributed by atoms with Crippen LogP contribution < -0.4 is 5.32 Å². The molecule has 2 aliphatic rings. The fourth-order valence-corrected chi connectivity index (χ4v) is 5.01. The number of rotatable bonds is 6. The Morgan fingerprint density at radius 3 is 2.12 bits per heavy atom. The van der Waals surface area contributed by atoms with E-state index in [2.05, 4.69) is 42.8 Å². The molecule has 32 heavy (non-hydrogen) atoms. The zero-order valence-electron chi connectivity index (χ0n) is 20.6. The summed E-state index contributed by atoms with van der Waals surface area (Å²) in [5.74, 6) is 0.445. The highest BCUT2D eigenvalue weighted by Crippen LogP contribution is 2.22. The Morgan fingerprint density at radius 2 is 1.59 bits per heavy atom. The van der Waals surface area contributed by atoms with Crippen molar-refractivity contribution in [1.29, 1.82) is 0 Å². The minimum atomic E-state index is -0.123. The van der Waals surface area contributed by atoms with Gasteiger partial charge in [-0.2, -0.15) is 0 Å². The van der Waals surface area contributed by atoms with Gasteiger partial charge in [-0.05, 0) is 44.7 Å². The van der Waals surface area contributed by atoms with Crippen LogP contribution in [0.2, 0.25) is 0 Å². The highest BCUT2D eigenvalue weighted by Gasteiger charge is 2.37. The largest absolute Gasteiger partial charge is 0.373 e. The van der Waals surface area contributed by atoms with E-state index < -0.39 is 0 Å². The first kappa shape index (κ1) is 24.7. The van der Waals surface area contributed by atoms with E-state index in [-0.39, 0.29) is 36.0 Å². The third kappa shape index (κ3) is 6.09. The van der Waals surface area contributed by atoms with E-state index >= 15 is 0 Å². The van der Waals surface area contributed by atoms with Crippen molar-refractivity contribution in [2.45, 2.75) is 59.8 Å². The van der Waals surface area contributed by atoms with Crippen LogP contribution in [0.4, 0.5) is 5.69 Å². The number of amides is 2. The minimum Gasteiger partial charge on any atom is -0.373 e. The first-order valence-corrected chi connectivity index (χ1v) is 11.9. The molecule has 0 bridgehead atoms. The third-order valence-electron chi connectivity index (χ3n) is 6.52. The third-order valence-corrected chi connectivity index (χ3v) is 6.52. The minimum absolute atomic E-state index is 0.00137. The second-order valence-electron chi connectivity index (χ2n) is 9.82. The highest BCUT2D eigenvalue weighted by molar-refractivity contribution is 5.93. The van der Waals surface area contributed by atoms with Crippen molar-refractivity contribution in [1.82, 2.24) is 14.7 Å². The monoisotopic (exact) mass is 444 g/mol. The van der Waals surface area contributed by atoms with Gasteiger partial charge in [-0.3, -0.25) is 19.4 Å². The predicted octanol–water partition coefficient (Wildman–Crippen LogP) is 2.52. The van der Waals surface area contributed by atoms with Crippen molar-refractivity contribution in [3.8, 4) is 0 Å². The molecule has 2 saturated heterocycles. The molecule has 0 saturated carbocycles. The van der Waals surface area contributed by atoms with Crippen molar-refractivity contribution in [2.75, 3.05) is 51.1 Å². The average molecular weight is 445 g/mol. The van der Waals surface area contributed by atoms with Crippen molar-refractivity contribution >= 4 is 17.5 Å². The van der Waals surface area contributed by atoms with Crippen molar-refractivity contribution in [2.24, 2.45) is 5.92 Å². The smallest absolute Gasteiger partial charge is 0.240 e. The summed E-state index contributed by atoms with van der Waals surface area (Å²) in [7, 11) is 0. The average Bonchev–Trinajstić information content (AvgIpc) is 2.70.